The van der Waals surface area contributed by atoms with Gasteiger partial charge in [-0.25, -0.2) is 0 Å². The number of fused-ring (bicyclic) bond motifs is 1. The van der Waals surface area contributed by atoms with E-state index in [0.29, 0.717) is 11.4 Å². The van der Waals surface area contributed by atoms with Crippen molar-refractivity contribution in [3.63, 3.8) is 0 Å². The van der Waals surface area contributed by atoms with Gasteiger partial charge in [-0.1, -0.05) is 45.2 Å². The highest BCUT2D eigenvalue weighted by molar-refractivity contribution is 5.73. The van der Waals surface area contributed by atoms with Crippen molar-refractivity contribution >= 4 is 11.0 Å². The lowest BCUT2D eigenvalue weighted by Crippen LogP contribution is -2.16. The van der Waals surface area contributed by atoms with E-state index in [4.69, 9.17) is 4.74 Å². The van der Waals surface area contributed by atoms with E-state index in [1.165, 1.54) is 24.1 Å². The molecule has 1 atom stereocenters. The summed E-state index contributed by atoms with van der Waals surface area (Å²) in [4.78, 5) is 1.47. The number of aromatic hydroxyl groups is 1. The molecule has 0 bridgehead atoms. The van der Waals surface area contributed by atoms with Gasteiger partial charge in [0, 0.05) is 6.07 Å². The first-order valence-corrected chi connectivity index (χ1v) is 9.53. The van der Waals surface area contributed by atoms with Gasteiger partial charge in [0.2, 0.25) is 0 Å². The van der Waals surface area contributed by atoms with Crippen molar-refractivity contribution < 1.29 is 9.84 Å². The SMILES string of the molecule is CCCCCC(CCC)Oc1ccc(-n2nc3ccccc3n2)c(O)c1. The third-order valence-electron chi connectivity index (χ3n) is 4.49. The van der Waals surface area contributed by atoms with Crippen LogP contribution in [0.25, 0.3) is 16.7 Å². The average Bonchev–Trinajstić information content (AvgIpc) is 3.06. The summed E-state index contributed by atoms with van der Waals surface area (Å²) in [6.45, 7) is 4.38. The molecule has 0 amide bonds. The van der Waals surface area contributed by atoms with Gasteiger partial charge in [0.05, 0.1) is 6.10 Å². The maximum Gasteiger partial charge on any atom is 0.146 e. The van der Waals surface area contributed by atoms with Crippen molar-refractivity contribution in [3.8, 4) is 17.2 Å². The van der Waals surface area contributed by atoms with Crippen LogP contribution < -0.4 is 4.74 Å². The zero-order chi connectivity index (χ0) is 18.4. The average molecular weight is 353 g/mol. The van der Waals surface area contributed by atoms with Crippen LogP contribution in [0.15, 0.2) is 42.5 Å². The topological polar surface area (TPSA) is 60.2 Å². The third-order valence-corrected chi connectivity index (χ3v) is 4.49. The maximum atomic E-state index is 10.4. The zero-order valence-corrected chi connectivity index (χ0v) is 15.6. The molecule has 1 unspecified atom stereocenters. The van der Waals surface area contributed by atoms with Crippen LogP contribution in [0.2, 0.25) is 0 Å². The molecule has 3 aromatic rings. The Morgan fingerprint density at radius 2 is 1.69 bits per heavy atom. The molecule has 0 fully saturated rings. The second-order valence-corrected chi connectivity index (χ2v) is 6.65. The van der Waals surface area contributed by atoms with Crippen molar-refractivity contribution in [1.29, 1.82) is 0 Å². The first kappa shape index (κ1) is 18.2. The highest BCUT2D eigenvalue weighted by Gasteiger charge is 2.13. The molecular formula is C21H27N3O2. The fourth-order valence-electron chi connectivity index (χ4n) is 3.11. The van der Waals surface area contributed by atoms with E-state index in [-0.39, 0.29) is 11.9 Å². The maximum absolute atomic E-state index is 10.4. The monoisotopic (exact) mass is 353 g/mol. The predicted octanol–water partition coefficient (Wildman–Crippen LogP) is 5.25. The van der Waals surface area contributed by atoms with Gasteiger partial charge < -0.3 is 9.84 Å². The number of unbranched alkanes of at least 4 members (excludes halogenated alkanes) is 2. The van der Waals surface area contributed by atoms with Crippen LogP contribution in [0.4, 0.5) is 0 Å². The molecule has 0 aliphatic rings. The van der Waals surface area contributed by atoms with E-state index < -0.39 is 0 Å². The summed E-state index contributed by atoms with van der Waals surface area (Å²) in [7, 11) is 0. The summed E-state index contributed by atoms with van der Waals surface area (Å²) in [5, 5.41) is 19.3. The van der Waals surface area contributed by atoms with E-state index in [0.717, 1.165) is 30.3 Å². The molecule has 1 heterocycles. The van der Waals surface area contributed by atoms with Gasteiger partial charge in [0.25, 0.3) is 0 Å². The Balaban J connectivity index is 1.75. The van der Waals surface area contributed by atoms with Crippen molar-refractivity contribution in [2.75, 3.05) is 0 Å². The minimum Gasteiger partial charge on any atom is -0.505 e. The lowest BCUT2D eigenvalue weighted by Gasteiger charge is -2.19. The van der Waals surface area contributed by atoms with Gasteiger partial charge in [-0.15, -0.1) is 15.0 Å². The summed E-state index contributed by atoms with van der Waals surface area (Å²) < 4.78 is 6.12. The van der Waals surface area contributed by atoms with Gasteiger partial charge in [-0.2, -0.15) is 0 Å². The fraction of sp³-hybridized carbons (Fsp3) is 0.429. The smallest absolute Gasteiger partial charge is 0.146 e. The molecule has 2 aromatic carbocycles. The number of hydrogen-bond acceptors (Lipinski definition) is 4. The minimum absolute atomic E-state index is 0.117. The molecule has 3 rings (SSSR count). The normalized spacial score (nSPS) is 12.4. The summed E-state index contributed by atoms with van der Waals surface area (Å²) >= 11 is 0. The van der Waals surface area contributed by atoms with Crippen molar-refractivity contribution in [2.45, 2.75) is 58.5 Å². The molecular weight excluding hydrogens is 326 g/mol. The van der Waals surface area contributed by atoms with Crippen LogP contribution in [0.5, 0.6) is 11.5 Å². The molecule has 5 nitrogen and oxygen atoms in total. The number of aromatic nitrogens is 3. The standard InChI is InChI=1S/C21H27N3O2/c1-3-5-6-10-16(9-4-2)26-17-13-14-20(21(25)15-17)24-22-18-11-7-8-12-19(18)23-24/h7-8,11-16,25H,3-6,9-10H2,1-2H3. The Kier molecular flexibility index (Phi) is 6.10. The number of phenols is 1. The first-order valence-electron chi connectivity index (χ1n) is 9.53. The zero-order valence-electron chi connectivity index (χ0n) is 15.6. The van der Waals surface area contributed by atoms with Crippen LogP contribution >= 0.6 is 0 Å². The van der Waals surface area contributed by atoms with Crippen molar-refractivity contribution in [3.05, 3.63) is 42.5 Å². The fourth-order valence-corrected chi connectivity index (χ4v) is 3.11. The number of rotatable bonds is 9. The number of benzene rings is 2. The molecule has 0 saturated heterocycles. The van der Waals surface area contributed by atoms with Crippen LogP contribution in [-0.4, -0.2) is 26.2 Å². The summed E-state index contributed by atoms with van der Waals surface area (Å²) in [5.41, 5.74) is 2.14. The van der Waals surface area contributed by atoms with Crippen molar-refractivity contribution in [2.24, 2.45) is 0 Å². The summed E-state index contributed by atoms with van der Waals surface area (Å²) in [5.74, 6) is 0.810. The molecule has 0 spiro atoms. The Morgan fingerprint density at radius 3 is 2.31 bits per heavy atom. The summed E-state index contributed by atoms with van der Waals surface area (Å²) in [6, 6.07) is 13.0. The second-order valence-electron chi connectivity index (χ2n) is 6.65. The Morgan fingerprint density at radius 1 is 0.962 bits per heavy atom. The molecule has 1 N–H and O–H groups in total. The molecule has 0 radical (unpaired) electrons. The number of phenolic OH excluding ortho intramolecular Hbond substituents is 1. The first-order chi connectivity index (χ1) is 12.7. The highest BCUT2D eigenvalue weighted by atomic mass is 16.5. The van der Waals surface area contributed by atoms with Crippen LogP contribution in [0.1, 0.15) is 52.4 Å². The van der Waals surface area contributed by atoms with Gasteiger partial charge >= 0.3 is 0 Å². The molecule has 5 heteroatoms. The van der Waals surface area contributed by atoms with E-state index in [1.807, 2.05) is 30.3 Å². The van der Waals surface area contributed by atoms with Crippen LogP contribution in [0.3, 0.4) is 0 Å². The Labute approximate surface area is 154 Å². The van der Waals surface area contributed by atoms with Crippen LogP contribution in [0, 0.1) is 0 Å². The molecule has 0 saturated carbocycles. The predicted molar refractivity (Wildman–Crippen MR) is 104 cm³/mol. The second kappa shape index (κ2) is 8.70. The van der Waals surface area contributed by atoms with E-state index in [2.05, 4.69) is 24.0 Å². The summed E-state index contributed by atoms with van der Waals surface area (Å²) in [6.07, 6.45) is 6.97. The number of nitrogens with zero attached hydrogens (tertiary/aromatic N) is 3. The van der Waals surface area contributed by atoms with Crippen molar-refractivity contribution in [1.82, 2.24) is 15.0 Å². The van der Waals surface area contributed by atoms with E-state index in [9.17, 15) is 5.11 Å². The molecule has 138 valence electrons. The number of hydrogen-bond donors (Lipinski definition) is 1. The molecule has 0 aliphatic heterocycles. The molecule has 26 heavy (non-hydrogen) atoms. The van der Waals surface area contributed by atoms with E-state index in [1.54, 1.807) is 12.1 Å². The Bertz CT molecular complexity index is 811. The largest absolute Gasteiger partial charge is 0.505 e. The van der Waals surface area contributed by atoms with Gasteiger partial charge in [0.15, 0.2) is 0 Å². The number of ether oxygens (including phenoxy) is 1. The van der Waals surface area contributed by atoms with Gasteiger partial charge in [0.1, 0.15) is 28.2 Å². The molecule has 1 aromatic heterocycles. The highest BCUT2D eigenvalue weighted by Crippen LogP contribution is 2.28. The third kappa shape index (κ3) is 4.34. The molecule has 0 aliphatic carbocycles. The van der Waals surface area contributed by atoms with Gasteiger partial charge in [-0.3, -0.25) is 0 Å². The minimum atomic E-state index is 0.117. The van der Waals surface area contributed by atoms with Gasteiger partial charge in [-0.05, 0) is 43.5 Å². The Hall–Kier alpha value is -2.56. The lowest BCUT2D eigenvalue weighted by atomic mass is 10.1. The lowest BCUT2D eigenvalue weighted by molar-refractivity contribution is 0.175. The quantitative estimate of drug-likeness (QED) is 0.533. The van der Waals surface area contributed by atoms with E-state index >= 15 is 0 Å². The van der Waals surface area contributed by atoms with Crippen LogP contribution in [-0.2, 0) is 0 Å².